The van der Waals surface area contributed by atoms with Gasteiger partial charge in [-0.1, -0.05) is 24.3 Å². The van der Waals surface area contributed by atoms with Crippen molar-refractivity contribution in [3.8, 4) is 28.7 Å². The van der Waals surface area contributed by atoms with Crippen molar-refractivity contribution < 1.29 is 30.3 Å². The molecule has 0 bridgehead atoms. The third-order valence-electron chi connectivity index (χ3n) is 4.52. The normalized spacial score (nSPS) is 19.4. The molecule has 2 atom stereocenters. The second-order valence-corrected chi connectivity index (χ2v) is 6.13. The Hall–Kier alpha value is -3.12. The van der Waals surface area contributed by atoms with E-state index in [1.54, 1.807) is 24.3 Å². The smallest absolute Gasteiger partial charge is 0.165 e. The quantitative estimate of drug-likeness (QED) is 0.436. The molecule has 1 aliphatic rings. The van der Waals surface area contributed by atoms with Crippen molar-refractivity contribution in [1.29, 1.82) is 0 Å². The van der Waals surface area contributed by atoms with Crippen LogP contribution in [0.15, 0.2) is 42.5 Å². The first-order valence-electron chi connectivity index (χ1n) is 7.79. The number of benzene rings is 3. The molecule has 3 aromatic rings. The lowest BCUT2D eigenvalue weighted by molar-refractivity contribution is 0.0205. The van der Waals surface area contributed by atoms with Crippen molar-refractivity contribution in [2.24, 2.45) is 0 Å². The van der Waals surface area contributed by atoms with Gasteiger partial charge < -0.3 is 30.3 Å². The lowest BCUT2D eigenvalue weighted by atomic mass is 9.90. The van der Waals surface area contributed by atoms with Gasteiger partial charge in [-0.2, -0.15) is 0 Å². The van der Waals surface area contributed by atoms with E-state index in [1.807, 2.05) is 0 Å². The summed E-state index contributed by atoms with van der Waals surface area (Å²) < 4.78 is 5.83. The van der Waals surface area contributed by atoms with Crippen LogP contribution < -0.4 is 4.74 Å². The summed E-state index contributed by atoms with van der Waals surface area (Å²) in [6.07, 6.45) is -1.68. The summed E-state index contributed by atoms with van der Waals surface area (Å²) in [7, 11) is 0. The van der Waals surface area contributed by atoms with E-state index in [-0.39, 0.29) is 35.2 Å². The number of phenols is 4. The molecule has 0 saturated carbocycles. The van der Waals surface area contributed by atoms with Gasteiger partial charge in [0.25, 0.3) is 0 Å². The van der Waals surface area contributed by atoms with E-state index in [4.69, 9.17) is 4.74 Å². The first kappa shape index (κ1) is 15.4. The number of hydrogen-bond acceptors (Lipinski definition) is 6. The molecule has 0 amide bonds. The Bertz CT molecular complexity index is 981. The van der Waals surface area contributed by atoms with Gasteiger partial charge in [-0.3, -0.25) is 0 Å². The molecule has 1 aliphatic heterocycles. The van der Waals surface area contributed by atoms with E-state index >= 15 is 0 Å². The lowest BCUT2D eigenvalue weighted by Crippen LogP contribution is -2.30. The van der Waals surface area contributed by atoms with Gasteiger partial charge in [0.2, 0.25) is 0 Å². The first-order chi connectivity index (χ1) is 12.0. The van der Waals surface area contributed by atoms with Crippen LogP contribution in [0.25, 0.3) is 10.8 Å². The second-order valence-electron chi connectivity index (χ2n) is 6.13. The standard InChI is InChI=1S/C19H16O6/c20-9-5-14(21)13-8-16(23)19(25-17(13)6-9)12-7-15(22)18(24)11-4-2-1-3-10(11)12/h1-7,16,19-24H,8H2. The van der Waals surface area contributed by atoms with Crippen LogP contribution in [0.5, 0.6) is 28.7 Å². The zero-order valence-corrected chi connectivity index (χ0v) is 13.0. The highest BCUT2D eigenvalue weighted by Crippen LogP contribution is 2.45. The minimum Gasteiger partial charge on any atom is -0.508 e. The second kappa shape index (κ2) is 5.46. The predicted molar refractivity (Wildman–Crippen MR) is 90.1 cm³/mol. The zero-order valence-electron chi connectivity index (χ0n) is 13.0. The molecule has 0 aliphatic carbocycles. The molecule has 5 N–H and O–H groups in total. The Kier molecular flexibility index (Phi) is 3.36. The third-order valence-corrected chi connectivity index (χ3v) is 4.52. The fourth-order valence-electron chi connectivity index (χ4n) is 3.34. The van der Waals surface area contributed by atoms with Crippen LogP contribution >= 0.6 is 0 Å². The highest BCUT2D eigenvalue weighted by Gasteiger charge is 2.33. The van der Waals surface area contributed by atoms with Gasteiger partial charge in [0.1, 0.15) is 17.2 Å². The van der Waals surface area contributed by atoms with Gasteiger partial charge in [0, 0.05) is 35.1 Å². The number of phenolic OH excluding ortho intramolecular Hbond substituents is 4. The summed E-state index contributed by atoms with van der Waals surface area (Å²) in [6, 6.07) is 10.9. The van der Waals surface area contributed by atoms with E-state index < -0.39 is 12.2 Å². The molecule has 0 radical (unpaired) electrons. The van der Waals surface area contributed by atoms with Gasteiger partial charge in [-0.05, 0) is 11.5 Å². The minimum atomic E-state index is -0.977. The number of rotatable bonds is 1. The maximum atomic E-state index is 10.5. The van der Waals surface area contributed by atoms with Gasteiger partial charge >= 0.3 is 0 Å². The van der Waals surface area contributed by atoms with Gasteiger partial charge in [0.05, 0.1) is 6.10 Å². The summed E-state index contributed by atoms with van der Waals surface area (Å²) in [5.41, 5.74) is 0.917. The van der Waals surface area contributed by atoms with Gasteiger partial charge in [-0.15, -0.1) is 0 Å². The molecule has 6 nitrogen and oxygen atoms in total. The number of ether oxygens (including phenoxy) is 1. The number of hydrogen-bond donors (Lipinski definition) is 5. The Morgan fingerprint density at radius 1 is 0.880 bits per heavy atom. The molecule has 128 valence electrons. The van der Waals surface area contributed by atoms with Crippen molar-refractivity contribution in [2.45, 2.75) is 18.6 Å². The summed E-state index contributed by atoms with van der Waals surface area (Å²) in [5, 5.41) is 51.3. The van der Waals surface area contributed by atoms with Crippen LogP contribution in [0.1, 0.15) is 17.2 Å². The van der Waals surface area contributed by atoms with Crippen LogP contribution in [0.3, 0.4) is 0 Å². The van der Waals surface area contributed by atoms with Crippen molar-refractivity contribution >= 4 is 10.8 Å². The molecule has 2 unspecified atom stereocenters. The molecular weight excluding hydrogens is 324 g/mol. The van der Waals surface area contributed by atoms with Crippen LogP contribution in [-0.4, -0.2) is 31.6 Å². The van der Waals surface area contributed by atoms with Gasteiger partial charge in [0.15, 0.2) is 17.6 Å². The first-order valence-corrected chi connectivity index (χ1v) is 7.79. The summed E-state index contributed by atoms with van der Waals surface area (Å²) in [5.74, 6) is -0.574. The van der Waals surface area contributed by atoms with Crippen molar-refractivity contribution in [1.82, 2.24) is 0 Å². The monoisotopic (exact) mass is 340 g/mol. The highest BCUT2D eigenvalue weighted by molar-refractivity contribution is 5.93. The van der Waals surface area contributed by atoms with E-state index in [2.05, 4.69) is 0 Å². The number of aliphatic hydroxyl groups is 1. The molecule has 3 aromatic carbocycles. The molecule has 25 heavy (non-hydrogen) atoms. The zero-order chi connectivity index (χ0) is 17.7. The Balaban J connectivity index is 1.88. The maximum absolute atomic E-state index is 10.5. The molecule has 0 fully saturated rings. The molecule has 4 rings (SSSR count). The van der Waals surface area contributed by atoms with E-state index in [1.165, 1.54) is 18.2 Å². The number of fused-ring (bicyclic) bond motifs is 2. The molecule has 0 saturated heterocycles. The van der Waals surface area contributed by atoms with Crippen LogP contribution in [0, 0.1) is 0 Å². The largest absolute Gasteiger partial charge is 0.508 e. The van der Waals surface area contributed by atoms with Crippen LogP contribution in [0.2, 0.25) is 0 Å². The molecule has 0 aromatic heterocycles. The molecule has 0 spiro atoms. The topological polar surface area (TPSA) is 110 Å². The summed E-state index contributed by atoms with van der Waals surface area (Å²) in [4.78, 5) is 0. The minimum absolute atomic E-state index is 0.127. The Labute approximate surface area is 142 Å². The third kappa shape index (κ3) is 2.38. The van der Waals surface area contributed by atoms with Crippen LogP contribution in [-0.2, 0) is 6.42 Å². The highest BCUT2D eigenvalue weighted by atomic mass is 16.5. The molecule has 6 heteroatoms. The van der Waals surface area contributed by atoms with E-state index in [9.17, 15) is 25.5 Å². The van der Waals surface area contributed by atoms with E-state index in [0.717, 1.165) is 0 Å². The average molecular weight is 340 g/mol. The fourth-order valence-corrected chi connectivity index (χ4v) is 3.34. The summed E-state index contributed by atoms with van der Waals surface area (Å²) in [6.45, 7) is 0. The molecule has 1 heterocycles. The fraction of sp³-hybridized carbons (Fsp3) is 0.158. The Morgan fingerprint density at radius 3 is 2.36 bits per heavy atom. The molecular formula is C19H16O6. The SMILES string of the molecule is Oc1cc(O)c2c(c1)OC(c1cc(O)c(O)c3ccccc13)C(O)C2. The van der Waals surface area contributed by atoms with Crippen molar-refractivity contribution in [2.75, 3.05) is 0 Å². The predicted octanol–water partition coefficient (Wildman–Crippen LogP) is 2.70. The maximum Gasteiger partial charge on any atom is 0.165 e. The summed E-state index contributed by atoms with van der Waals surface area (Å²) >= 11 is 0. The number of aromatic hydroxyl groups is 4. The number of aliphatic hydroxyl groups excluding tert-OH is 1. The average Bonchev–Trinajstić information content (AvgIpc) is 2.58. The van der Waals surface area contributed by atoms with Crippen LogP contribution in [0.4, 0.5) is 0 Å². The van der Waals surface area contributed by atoms with Gasteiger partial charge in [-0.25, -0.2) is 0 Å². The lowest BCUT2D eigenvalue weighted by Gasteiger charge is -2.32. The van der Waals surface area contributed by atoms with E-state index in [0.29, 0.717) is 21.9 Å². The van der Waals surface area contributed by atoms with Crippen molar-refractivity contribution in [3.05, 3.63) is 53.6 Å². The Morgan fingerprint density at radius 2 is 1.60 bits per heavy atom. The van der Waals surface area contributed by atoms with Crippen molar-refractivity contribution in [3.63, 3.8) is 0 Å².